The summed E-state index contributed by atoms with van der Waals surface area (Å²) in [6, 6.07) is 25.0. The molecule has 1 atom stereocenters. The summed E-state index contributed by atoms with van der Waals surface area (Å²) in [5.41, 5.74) is 1.20. The number of carbonyl (C=O) groups excluding carboxylic acids is 2. The fraction of sp³-hybridized carbons (Fsp3) is 0.231. The van der Waals surface area contributed by atoms with E-state index in [1.807, 2.05) is 30.3 Å². The smallest absolute Gasteiger partial charge is 0.264 e. The maximum absolute atomic E-state index is 13.6. The van der Waals surface area contributed by atoms with E-state index in [4.69, 9.17) is 0 Å². The highest BCUT2D eigenvalue weighted by Gasteiger charge is 2.32. The summed E-state index contributed by atoms with van der Waals surface area (Å²) in [4.78, 5) is 27.7. The number of carbonyl (C=O) groups is 2. The predicted octanol–water partition coefficient (Wildman–Crippen LogP) is 3.44. The van der Waals surface area contributed by atoms with Crippen LogP contribution >= 0.6 is 0 Å². The molecule has 2 amide bonds. The highest BCUT2D eigenvalue weighted by Crippen LogP contribution is 2.24. The number of nitrogens with one attached hydrogen (secondary N) is 1. The SMILES string of the molecule is CCNC(=O)C(C)N(Cc1ccccc1)C(=O)CN(c1ccccc1)S(=O)(=O)c1ccccc1. The molecule has 3 rings (SSSR count). The first-order valence-electron chi connectivity index (χ1n) is 11.1. The summed E-state index contributed by atoms with van der Waals surface area (Å²) in [7, 11) is -4.03. The molecule has 0 radical (unpaired) electrons. The van der Waals surface area contributed by atoms with Crippen molar-refractivity contribution in [2.45, 2.75) is 31.3 Å². The Kier molecular flexibility index (Phi) is 8.43. The van der Waals surface area contributed by atoms with Gasteiger partial charge >= 0.3 is 0 Å². The van der Waals surface area contributed by atoms with Gasteiger partial charge in [-0.15, -0.1) is 0 Å². The zero-order valence-corrected chi connectivity index (χ0v) is 20.1. The van der Waals surface area contributed by atoms with Crippen LogP contribution in [-0.4, -0.2) is 44.3 Å². The van der Waals surface area contributed by atoms with E-state index in [-0.39, 0.29) is 17.3 Å². The molecule has 0 heterocycles. The van der Waals surface area contributed by atoms with Crippen molar-refractivity contribution in [2.24, 2.45) is 0 Å². The lowest BCUT2D eigenvalue weighted by molar-refractivity contribution is -0.139. The van der Waals surface area contributed by atoms with Crippen molar-refractivity contribution in [1.82, 2.24) is 10.2 Å². The second-order valence-electron chi connectivity index (χ2n) is 7.74. The molecular weight excluding hydrogens is 450 g/mol. The quantitative estimate of drug-likeness (QED) is 0.483. The Morgan fingerprint density at radius 3 is 1.94 bits per heavy atom. The van der Waals surface area contributed by atoms with Gasteiger partial charge in [0, 0.05) is 13.1 Å². The van der Waals surface area contributed by atoms with Gasteiger partial charge < -0.3 is 10.2 Å². The minimum Gasteiger partial charge on any atom is -0.355 e. The zero-order chi connectivity index (χ0) is 24.6. The van der Waals surface area contributed by atoms with Gasteiger partial charge in [0.1, 0.15) is 12.6 Å². The first-order chi connectivity index (χ1) is 16.3. The van der Waals surface area contributed by atoms with E-state index in [2.05, 4.69) is 5.32 Å². The van der Waals surface area contributed by atoms with E-state index >= 15 is 0 Å². The van der Waals surface area contributed by atoms with Crippen LogP contribution in [0.15, 0.2) is 95.9 Å². The summed E-state index contributed by atoms with van der Waals surface area (Å²) >= 11 is 0. The topological polar surface area (TPSA) is 86.8 Å². The first-order valence-corrected chi connectivity index (χ1v) is 12.5. The number of anilines is 1. The summed E-state index contributed by atoms with van der Waals surface area (Å²) in [6.07, 6.45) is 0. The molecule has 0 aliphatic carbocycles. The van der Waals surface area contributed by atoms with E-state index in [0.717, 1.165) is 9.87 Å². The summed E-state index contributed by atoms with van der Waals surface area (Å²) in [5.74, 6) is -0.782. The van der Waals surface area contributed by atoms with Crippen LogP contribution in [0.25, 0.3) is 0 Å². The Morgan fingerprint density at radius 2 is 1.38 bits per heavy atom. The van der Waals surface area contributed by atoms with Crippen molar-refractivity contribution in [2.75, 3.05) is 17.4 Å². The van der Waals surface area contributed by atoms with E-state index < -0.39 is 28.5 Å². The number of hydrogen-bond donors (Lipinski definition) is 1. The second kappa shape index (κ2) is 11.5. The van der Waals surface area contributed by atoms with Gasteiger partial charge in [-0.05, 0) is 43.7 Å². The summed E-state index contributed by atoms with van der Waals surface area (Å²) < 4.78 is 28.2. The van der Waals surface area contributed by atoms with Crippen molar-refractivity contribution in [3.05, 3.63) is 96.6 Å². The molecule has 1 N–H and O–H groups in total. The normalized spacial score (nSPS) is 11.9. The lowest BCUT2D eigenvalue weighted by atomic mass is 10.1. The number of rotatable bonds is 10. The molecule has 0 saturated carbocycles. The summed E-state index contributed by atoms with van der Waals surface area (Å²) in [5, 5.41) is 2.74. The number of benzene rings is 3. The molecule has 3 aromatic rings. The highest BCUT2D eigenvalue weighted by atomic mass is 32.2. The third-order valence-corrected chi connectivity index (χ3v) is 7.16. The molecule has 7 nitrogen and oxygen atoms in total. The molecule has 0 aliphatic rings. The van der Waals surface area contributed by atoms with E-state index in [1.165, 1.54) is 17.0 Å². The van der Waals surface area contributed by atoms with Gasteiger partial charge in [-0.2, -0.15) is 0 Å². The average Bonchev–Trinajstić information content (AvgIpc) is 2.87. The van der Waals surface area contributed by atoms with Crippen molar-refractivity contribution in [1.29, 1.82) is 0 Å². The molecule has 0 aromatic heterocycles. The molecule has 0 saturated heterocycles. The molecule has 0 bridgehead atoms. The fourth-order valence-corrected chi connectivity index (χ4v) is 4.96. The van der Waals surface area contributed by atoms with Crippen LogP contribution in [0.1, 0.15) is 19.4 Å². The number of amides is 2. The van der Waals surface area contributed by atoms with Gasteiger partial charge in [-0.25, -0.2) is 8.42 Å². The Hall–Kier alpha value is -3.65. The number of nitrogens with zero attached hydrogens (tertiary/aromatic N) is 2. The Bertz CT molecular complexity index is 1190. The third-order valence-electron chi connectivity index (χ3n) is 5.37. The van der Waals surface area contributed by atoms with Crippen LogP contribution in [0.2, 0.25) is 0 Å². The monoisotopic (exact) mass is 479 g/mol. The van der Waals surface area contributed by atoms with Crippen LogP contribution in [0.5, 0.6) is 0 Å². The molecule has 1 unspecified atom stereocenters. The van der Waals surface area contributed by atoms with Gasteiger partial charge in [0.15, 0.2) is 0 Å². The minimum atomic E-state index is -4.03. The van der Waals surface area contributed by atoms with E-state index in [0.29, 0.717) is 12.2 Å². The average molecular weight is 480 g/mol. The van der Waals surface area contributed by atoms with Gasteiger partial charge in [0.2, 0.25) is 11.8 Å². The van der Waals surface area contributed by atoms with Crippen molar-refractivity contribution < 1.29 is 18.0 Å². The number of hydrogen-bond acceptors (Lipinski definition) is 4. The molecule has 8 heteroatoms. The molecule has 0 fully saturated rings. The van der Waals surface area contributed by atoms with Crippen molar-refractivity contribution in [3.63, 3.8) is 0 Å². The van der Waals surface area contributed by atoms with Gasteiger partial charge in [-0.1, -0.05) is 66.7 Å². The lowest BCUT2D eigenvalue weighted by Crippen LogP contribution is -2.51. The molecular formula is C26H29N3O4S. The summed E-state index contributed by atoms with van der Waals surface area (Å²) in [6.45, 7) is 3.60. The van der Waals surface area contributed by atoms with Gasteiger partial charge in [0.05, 0.1) is 10.6 Å². The molecule has 0 aliphatic heterocycles. The molecule has 3 aromatic carbocycles. The van der Waals surface area contributed by atoms with E-state index in [1.54, 1.807) is 62.4 Å². The molecule has 0 spiro atoms. The van der Waals surface area contributed by atoms with Crippen LogP contribution in [-0.2, 0) is 26.2 Å². The third kappa shape index (κ3) is 6.02. The number of sulfonamides is 1. The number of likely N-dealkylation sites (N-methyl/N-ethyl adjacent to an activating group) is 1. The molecule has 34 heavy (non-hydrogen) atoms. The maximum Gasteiger partial charge on any atom is 0.264 e. The van der Waals surface area contributed by atoms with Crippen LogP contribution < -0.4 is 9.62 Å². The molecule has 178 valence electrons. The van der Waals surface area contributed by atoms with E-state index in [9.17, 15) is 18.0 Å². The van der Waals surface area contributed by atoms with Gasteiger partial charge in [0.25, 0.3) is 10.0 Å². The van der Waals surface area contributed by atoms with Crippen LogP contribution in [0.3, 0.4) is 0 Å². The second-order valence-corrected chi connectivity index (χ2v) is 9.60. The van der Waals surface area contributed by atoms with Crippen molar-refractivity contribution >= 4 is 27.5 Å². The van der Waals surface area contributed by atoms with Crippen LogP contribution in [0.4, 0.5) is 5.69 Å². The fourth-order valence-electron chi connectivity index (χ4n) is 3.53. The van der Waals surface area contributed by atoms with Crippen LogP contribution in [0, 0.1) is 0 Å². The van der Waals surface area contributed by atoms with Gasteiger partial charge in [-0.3, -0.25) is 13.9 Å². The number of para-hydroxylation sites is 1. The van der Waals surface area contributed by atoms with Crippen molar-refractivity contribution in [3.8, 4) is 0 Å². The minimum absolute atomic E-state index is 0.0815. The Morgan fingerprint density at radius 1 is 0.853 bits per heavy atom. The lowest BCUT2D eigenvalue weighted by Gasteiger charge is -2.32. The Labute approximate surface area is 201 Å². The standard InChI is InChI=1S/C26H29N3O4S/c1-3-27-26(31)21(2)28(19-22-13-7-4-8-14-22)25(30)20-29(23-15-9-5-10-16-23)34(32,33)24-17-11-6-12-18-24/h4-18,21H,3,19-20H2,1-2H3,(H,27,31). The predicted molar refractivity (Wildman–Crippen MR) is 133 cm³/mol. The highest BCUT2D eigenvalue weighted by molar-refractivity contribution is 7.92. The first kappa shape index (κ1) is 25.0. The Balaban J connectivity index is 1.98. The largest absolute Gasteiger partial charge is 0.355 e. The maximum atomic E-state index is 13.6. The zero-order valence-electron chi connectivity index (χ0n) is 19.3.